The molecule has 0 aliphatic heterocycles. The van der Waals surface area contributed by atoms with Gasteiger partial charge in [0.25, 0.3) is 0 Å². The van der Waals surface area contributed by atoms with Gasteiger partial charge in [0.2, 0.25) is 0 Å². The van der Waals surface area contributed by atoms with E-state index in [0.29, 0.717) is 6.42 Å². The minimum absolute atomic E-state index is 0.0151. The quantitative estimate of drug-likeness (QED) is 0.751. The van der Waals surface area contributed by atoms with E-state index in [1.807, 2.05) is 6.92 Å². The van der Waals surface area contributed by atoms with Crippen molar-refractivity contribution in [2.24, 2.45) is 17.1 Å². The number of hydrogen-bond acceptors (Lipinski definition) is 3. The number of rotatable bonds is 4. The molecule has 1 atom stereocenters. The van der Waals surface area contributed by atoms with Gasteiger partial charge in [-0.05, 0) is 43.9 Å². The molecule has 94 valence electrons. The summed E-state index contributed by atoms with van der Waals surface area (Å²) in [6.45, 7) is 4.26. The first kappa shape index (κ1) is 13.5. The van der Waals surface area contributed by atoms with Crippen molar-refractivity contribution in [1.29, 1.82) is 0 Å². The molecule has 0 radical (unpaired) electrons. The third-order valence-corrected chi connectivity index (χ3v) is 4.37. The van der Waals surface area contributed by atoms with Crippen LogP contribution >= 0.6 is 0 Å². The second kappa shape index (κ2) is 5.67. The van der Waals surface area contributed by atoms with Crippen molar-refractivity contribution in [2.75, 3.05) is 7.11 Å². The molecule has 1 fully saturated rings. The van der Waals surface area contributed by atoms with E-state index >= 15 is 0 Å². The molecule has 0 aromatic heterocycles. The van der Waals surface area contributed by atoms with E-state index in [2.05, 4.69) is 6.92 Å². The van der Waals surface area contributed by atoms with Crippen molar-refractivity contribution in [3.63, 3.8) is 0 Å². The Morgan fingerprint density at radius 2 is 2.06 bits per heavy atom. The third kappa shape index (κ3) is 2.97. The molecule has 3 nitrogen and oxygen atoms in total. The largest absolute Gasteiger partial charge is 0.469 e. The molecule has 2 N–H and O–H groups in total. The second-order valence-electron chi connectivity index (χ2n) is 5.26. The van der Waals surface area contributed by atoms with Gasteiger partial charge in [0, 0.05) is 6.04 Å². The number of hydrogen-bond donors (Lipinski definition) is 1. The first-order valence-electron chi connectivity index (χ1n) is 6.36. The molecule has 1 rings (SSSR count). The molecule has 0 aromatic rings. The fraction of sp³-hybridized carbons (Fsp3) is 0.923. The van der Waals surface area contributed by atoms with Crippen LogP contribution < -0.4 is 5.73 Å². The molecule has 1 saturated carbocycles. The summed E-state index contributed by atoms with van der Waals surface area (Å²) in [6, 6.07) is 0.0735. The maximum absolute atomic E-state index is 11.5. The Bertz CT molecular complexity index is 230. The Labute approximate surface area is 98.7 Å². The predicted molar refractivity (Wildman–Crippen MR) is 65.0 cm³/mol. The molecular formula is C13H25NO2. The Hall–Kier alpha value is -0.570. The highest BCUT2D eigenvalue weighted by atomic mass is 16.5. The first-order valence-corrected chi connectivity index (χ1v) is 6.36. The summed E-state index contributed by atoms with van der Waals surface area (Å²) in [7, 11) is 1.45. The molecule has 0 spiro atoms. The maximum atomic E-state index is 11.5. The van der Waals surface area contributed by atoms with Crippen LogP contribution in [0.4, 0.5) is 0 Å². The Balaban J connectivity index is 2.65. The lowest BCUT2D eigenvalue weighted by Crippen LogP contribution is -2.44. The summed E-state index contributed by atoms with van der Waals surface area (Å²) in [5, 5.41) is 0. The van der Waals surface area contributed by atoms with Crippen LogP contribution in [0.25, 0.3) is 0 Å². The third-order valence-electron chi connectivity index (χ3n) is 4.37. The normalized spacial score (nSPS) is 32.1. The lowest BCUT2D eigenvalue weighted by Gasteiger charge is -2.42. The molecule has 1 aliphatic carbocycles. The van der Waals surface area contributed by atoms with Gasteiger partial charge >= 0.3 is 5.97 Å². The van der Waals surface area contributed by atoms with Gasteiger partial charge in [-0.2, -0.15) is 0 Å². The van der Waals surface area contributed by atoms with E-state index in [9.17, 15) is 4.79 Å². The number of nitrogens with two attached hydrogens (primary N) is 1. The van der Waals surface area contributed by atoms with Crippen molar-refractivity contribution >= 4 is 5.97 Å². The first-order chi connectivity index (χ1) is 7.54. The van der Waals surface area contributed by atoms with Gasteiger partial charge in [0.15, 0.2) is 0 Å². The molecule has 0 bridgehead atoms. The lowest BCUT2D eigenvalue weighted by molar-refractivity contribution is -0.144. The van der Waals surface area contributed by atoms with Gasteiger partial charge in [0.1, 0.15) is 0 Å². The highest BCUT2D eigenvalue weighted by molar-refractivity contribution is 5.70. The minimum atomic E-state index is -0.118. The Morgan fingerprint density at radius 1 is 1.50 bits per heavy atom. The fourth-order valence-electron chi connectivity index (χ4n) is 2.81. The topological polar surface area (TPSA) is 52.3 Å². The number of carbonyl (C=O) groups excluding carboxylic acids is 1. The highest BCUT2D eigenvalue weighted by Gasteiger charge is 2.39. The lowest BCUT2D eigenvalue weighted by atomic mass is 9.65. The van der Waals surface area contributed by atoms with Gasteiger partial charge in [-0.3, -0.25) is 4.79 Å². The number of esters is 1. The van der Waals surface area contributed by atoms with Gasteiger partial charge in [-0.1, -0.05) is 13.3 Å². The number of carbonyl (C=O) groups is 1. The van der Waals surface area contributed by atoms with Crippen LogP contribution in [0.1, 0.15) is 52.4 Å². The molecule has 0 heterocycles. The summed E-state index contributed by atoms with van der Waals surface area (Å²) < 4.78 is 4.79. The summed E-state index contributed by atoms with van der Waals surface area (Å²) >= 11 is 0. The van der Waals surface area contributed by atoms with Gasteiger partial charge < -0.3 is 10.5 Å². The summed E-state index contributed by atoms with van der Waals surface area (Å²) in [6.07, 6.45) is 6.27. The van der Waals surface area contributed by atoms with E-state index in [4.69, 9.17) is 10.5 Å². The van der Waals surface area contributed by atoms with Crippen molar-refractivity contribution in [1.82, 2.24) is 0 Å². The fourth-order valence-corrected chi connectivity index (χ4v) is 2.81. The van der Waals surface area contributed by atoms with Crippen LogP contribution in [0.3, 0.4) is 0 Å². The average Bonchev–Trinajstić information content (AvgIpc) is 2.29. The molecule has 16 heavy (non-hydrogen) atoms. The number of ether oxygens (including phenoxy) is 1. The standard InChI is InChI=1S/C13H25NO2/c1-4-11-5-7-13(8-6-11,10(2)14)9-12(15)16-3/h10-11H,4-9,14H2,1-3H3. The molecule has 0 aromatic carbocycles. The average molecular weight is 227 g/mol. The molecule has 3 heteroatoms. The smallest absolute Gasteiger partial charge is 0.306 e. The van der Waals surface area contributed by atoms with Crippen LogP contribution in [0.5, 0.6) is 0 Å². The second-order valence-corrected chi connectivity index (χ2v) is 5.26. The van der Waals surface area contributed by atoms with E-state index in [1.54, 1.807) is 0 Å². The minimum Gasteiger partial charge on any atom is -0.469 e. The van der Waals surface area contributed by atoms with Crippen LogP contribution in [0.2, 0.25) is 0 Å². The summed E-state index contributed by atoms with van der Waals surface area (Å²) in [4.78, 5) is 11.5. The van der Waals surface area contributed by atoms with Crippen molar-refractivity contribution in [3.8, 4) is 0 Å². The zero-order valence-corrected chi connectivity index (χ0v) is 10.8. The van der Waals surface area contributed by atoms with E-state index in [0.717, 1.165) is 18.8 Å². The molecular weight excluding hydrogens is 202 g/mol. The van der Waals surface area contributed by atoms with Gasteiger partial charge in [-0.25, -0.2) is 0 Å². The zero-order chi connectivity index (χ0) is 12.2. The van der Waals surface area contributed by atoms with Crippen molar-refractivity contribution in [3.05, 3.63) is 0 Å². The van der Waals surface area contributed by atoms with Crippen LogP contribution in [0.15, 0.2) is 0 Å². The summed E-state index contributed by atoms with van der Waals surface area (Å²) in [5.41, 5.74) is 6.07. The predicted octanol–water partition coefficient (Wildman–Crippen LogP) is 2.48. The highest BCUT2D eigenvalue weighted by Crippen LogP contribution is 2.44. The molecule has 0 amide bonds. The van der Waals surface area contributed by atoms with E-state index in [1.165, 1.54) is 26.4 Å². The van der Waals surface area contributed by atoms with Gasteiger partial charge in [0.05, 0.1) is 13.5 Å². The zero-order valence-electron chi connectivity index (χ0n) is 10.8. The van der Waals surface area contributed by atoms with E-state index in [-0.39, 0.29) is 17.4 Å². The van der Waals surface area contributed by atoms with Crippen molar-refractivity contribution in [2.45, 2.75) is 58.4 Å². The Morgan fingerprint density at radius 3 is 2.44 bits per heavy atom. The van der Waals surface area contributed by atoms with Gasteiger partial charge in [-0.15, -0.1) is 0 Å². The number of methoxy groups -OCH3 is 1. The molecule has 1 unspecified atom stereocenters. The molecule has 1 aliphatic rings. The van der Waals surface area contributed by atoms with Crippen molar-refractivity contribution < 1.29 is 9.53 Å². The van der Waals surface area contributed by atoms with Crippen LogP contribution in [0, 0.1) is 11.3 Å². The maximum Gasteiger partial charge on any atom is 0.306 e. The van der Waals surface area contributed by atoms with Crippen LogP contribution in [-0.4, -0.2) is 19.1 Å². The SMILES string of the molecule is CCC1CCC(CC(=O)OC)(C(C)N)CC1. The molecule has 0 saturated heterocycles. The monoisotopic (exact) mass is 227 g/mol. The van der Waals surface area contributed by atoms with Crippen LogP contribution in [-0.2, 0) is 9.53 Å². The van der Waals surface area contributed by atoms with E-state index < -0.39 is 0 Å². The summed E-state index contributed by atoms with van der Waals surface area (Å²) in [5.74, 6) is 0.705. The Kier molecular flexibility index (Phi) is 4.78.